The summed E-state index contributed by atoms with van der Waals surface area (Å²) in [5.41, 5.74) is 0.166. The molecule has 0 spiro atoms. The van der Waals surface area contributed by atoms with Crippen LogP contribution in [0.25, 0.3) is 0 Å². The Kier molecular flexibility index (Phi) is 4.90. The van der Waals surface area contributed by atoms with E-state index in [-0.39, 0.29) is 23.9 Å². The quantitative estimate of drug-likeness (QED) is 0.876. The molecule has 1 heterocycles. The third-order valence-corrected chi connectivity index (χ3v) is 2.99. The van der Waals surface area contributed by atoms with Crippen molar-refractivity contribution in [2.24, 2.45) is 0 Å². The minimum absolute atomic E-state index is 0. The number of carbonyl (C=O) groups is 1. The smallest absolute Gasteiger partial charge is 0.256 e. The fraction of sp³-hybridized carbons (Fsp3) is 0.417. The molecule has 0 bridgehead atoms. The monoisotopic (exact) mass is 258 g/mol. The molecule has 1 aromatic carbocycles. The van der Waals surface area contributed by atoms with Crippen LogP contribution in [0.15, 0.2) is 24.3 Å². The Morgan fingerprint density at radius 2 is 2.18 bits per heavy atom. The van der Waals surface area contributed by atoms with Gasteiger partial charge in [-0.25, -0.2) is 4.39 Å². The van der Waals surface area contributed by atoms with E-state index in [1.165, 1.54) is 12.1 Å². The van der Waals surface area contributed by atoms with Gasteiger partial charge >= 0.3 is 0 Å². The summed E-state index contributed by atoms with van der Waals surface area (Å²) < 4.78 is 13.4. The van der Waals surface area contributed by atoms with Crippen molar-refractivity contribution in [3.8, 4) is 0 Å². The van der Waals surface area contributed by atoms with Crippen molar-refractivity contribution in [2.75, 3.05) is 20.1 Å². The number of likely N-dealkylation sites (tertiary alicyclic amines) is 1. The predicted molar refractivity (Wildman–Crippen MR) is 67.0 cm³/mol. The Labute approximate surface area is 106 Å². The van der Waals surface area contributed by atoms with E-state index in [9.17, 15) is 9.18 Å². The molecule has 1 aromatic rings. The Hall–Kier alpha value is -1.13. The average molecular weight is 259 g/mol. The summed E-state index contributed by atoms with van der Waals surface area (Å²) in [6.07, 6.45) is 0.927. The summed E-state index contributed by atoms with van der Waals surface area (Å²) in [6, 6.07) is 6.45. The topological polar surface area (TPSA) is 32.3 Å². The zero-order valence-electron chi connectivity index (χ0n) is 9.65. The first-order chi connectivity index (χ1) is 7.72. The van der Waals surface area contributed by atoms with Crippen molar-refractivity contribution < 1.29 is 9.18 Å². The second kappa shape index (κ2) is 5.98. The van der Waals surface area contributed by atoms with E-state index < -0.39 is 5.82 Å². The molecule has 1 aliphatic rings. The number of nitrogens with one attached hydrogen (secondary N) is 1. The number of benzene rings is 1. The highest BCUT2D eigenvalue weighted by Gasteiger charge is 2.26. The normalized spacial score (nSPS) is 18.9. The summed E-state index contributed by atoms with van der Waals surface area (Å²) in [7, 11) is 1.88. The van der Waals surface area contributed by atoms with Gasteiger partial charge in [-0.2, -0.15) is 0 Å². The SMILES string of the molecule is CN[C@H]1CCN(C(=O)c2ccccc2F)C1.Cl. The summed E-state index contributed by atoms with van der Waals surface area (Å²) in [5.74, 6) is -0.656. The number of amides is 1. The van der Waals surface area contributed by atoms with Crippen LogP contribution in [0.1, 0.15) is 16.8 Å². The van der Waals surface area contributed by atoms with Crippen LogP contribution in [0.5, 0.6) is 0 Å². The molecule has 2 rings (SSSR count). The Morgan fingerprint density at radius 3 is 2.76 bits per heavy atom. The summed E-state index contributed by atoms with van der Waals surface area (Å²) in [4.78, 5) is 13.7. The number of hydrogen-bond acceptors (Lipinski definition) is 2. The number of likely N-dealkylation sites (N-methyl/N-ethyl adjacent to an activating group) is 1. The van der Waals surface area contributed by atoms with E-state index in [1.54, 1.807) is 17.0 Å². The molecule has 5 heteroatoms. The lowest BCUT2D eigenvalue weighted by atomic mass is 10.2. The second-order valence-electron chi connectivity index (χ2n) is 4.01. The van der Waals surface area contributed by atoms with Crippen LogP contribution in [0.3, 0.4) is 0 Å². The van der Waals surface area contributed by atoms with Crippen molar-refractivity contribution in [2.45, 2.75) is 12.5 Å². The van der Waals surface area contributed by atoms with Crippen LogP contribution >= 0.6 is 12.4 Å². The third-order valence-electron chi connectivity index (χ3n) is 2.99. The second-order valence-corrected chi connectivity index (χ2v) is 4.01. The lowest BCUT2D eigenvalue weighted by molar-refractivity contribution is 0.0785. The fourth-order valence-corrected chi connectivity index (χ4v) is 1.99. The van der Waals surface area contributed by atoms with E-state index in [1.807, 2.05) is 7.05 Å². The molecule has 1 aliphatic heterocycles. The van der Waals surface area contributed by atoms with E-state index in [2.05, 4.69) is 5.32 Å². The summed E-state index contributed by atoms with van der Waals surface area (Å²) in [5, 5.41) is 3.13. The van der Waals surface area contributed by atoms with Gasteiger partial charge in [0.05, 0.1) is 5.56 Å². The average Bonchev–Trinajstić information content (AvgIpc) is 2.77. The largest absolute Gasteiger partial charge is 0.337 e. The molecule has 94 valence electrons. The maximum atomic E-state index is 13.4. The maximum absolute atomic E-state index is 13.4. The first-order valence-electron chi connectivity index (χ1n) is 5.43. The highest BCUT2D eigenvalue weighted by Crippen LogP contribution is 2.15. The molecular weight excluding hydrogens is 243 g/mol. The maximum Gasteiger partial charge on any atom is 0.256 e. The molecular formula is C12H16ClFN2O. The van der Waals surface area contributed by atoms with Gasteiger partial charge in [0.1, 0.15) is 5.82 Å². The molecule has 0 aromatic heterocycles. The van der Waals surface area contributed by atoms with Gasteiger partial charge in [0, 0.05) is 19.1 Å². The molecule has 1 N–H and O–H groups in total. The molecule has 3 nitrogen and oxygen atoms in total. The van der Waals surface area contributed by atoms with Crippen molar-refractivity contribution in [3.63, 3.8) is 0 Å². The van der Waals surface area contributed by atoms with Gasteiger partial charge in [0.15, 0.2) is 0 Å². The zero-order chi connectivity index (χ0) is 11.5. The number of carbonyl (C=O) groups excluding carboxylic acids is 1. The van der Waals surface area contributed by atoms with Crippen molar-refractivity contribution in [3.05, 3.63) is 35.6 Å². The third kappa shape index (κ3) is 2.96. The van der Waals surface area contributed by atoms with E-state index in [0.29, 0.717) is 19.1 Å². The summed E-state index contributed by atoms with van der Waals surface area (Å²) in [6.45, 7) is 1.35. The highest BCUT2D eigenvalue weighted by molar-refractivity contribution is 5.94. The van der Waals surface area contributed by atoms with Crippen LogP contribution in [0, 0.1) is 5.82 Å². The van der Waals surface area contributed by atoms with Gasteiger partial charge < -0.3 is 10.2 Å². The van der Waals surface area contributed by atoms with Crippen molar-refractivity contribution in [1.29, 1.82) is 0 Å². The molecule has 0 radical (unpaired) electrons. The molecule has 1 amide bonds. The molecule has 0 aliphatic carbocycles. The Bertz CT molecular complexity index is 400. The van der Waals surface area contributed by atoms with Gasteiger partial charge in [-0.3, -0.25) is 4.79 Å². The molecule has 1 saturated heterocycles. The standard InChI is InChI=1S/C12H15FN2O.ClH/c1-14-9-6-7-15(8-9)12(16)10-4-2-3-5-11(10)13;/h2-5,9,14H,6-8H2,1H3;1H/t9-;/m0./s1. The molecule has 1 fully saturated rings. The number of halogens is 2. The predicted octanol–water partition coefficient (Wildman–Crippen LogP) is 1.68. The molecule has 17 heavy (non-hydrogen) atoms. The van der Waals surface area contributed by atoms with Crippen LogP contribution in [-0.4, -0.2) is 37.0 Å². The minimum atomic E-state index is -0.444. The fourth-order valence-electron chi connectivity index (χ4n) is 1.99. The number of nitrogens with zero attached hydrogens (tertiary/aromatic N) is 1. The van der Waals surface area contributed by atoms with E-state index in [4.69, 9.17) is 0 Å². The Morgan fingerprint density at radius 1 is 1.47 bits per heavy atom. The number of hydrogen-bond donors (Lipinski definition) is 1. The van der Waals surface area contributed by atoms with Crippen molar-refractivity contribution in [1.82, 2.24) is 10.2 Å². The summed E-state index contributed by atoms with van der Waals surface area (Å²) >= 11 is 0. The van der Waals surface area contributed by atoms with Gasteiger partial charge in [-0.05, 0) is 25.6 Å². The molecule has 0 saturated carbocycles. The van der Waals surface area contributed by atoms with Crippen LogP contribution in [0.4, 0.5) is 4.39 Å². The van der Waals surface area contributed by atoms with Crippen LogP contribution < -0.4 is 5.32 Å². The zero-order valence-corrected chi connectivity index (χ0v) is 10.5. The Balaban J connectivity index is 0.00000144. The van der Waals surface area contributed by atoms with Gasteiger partial charge in [-0.15, -0.1) is 12.4 Å². The van der Waals surface area contributed by atoms with Gasteiger partial charge in [0.2, 0.25) is 0 Å². The number of rotatable bonds is 2. The van der Waals surface area contributed by atoms with Gasteiger partial charge in [-0.1, -0.05) is 12.1 Å². The van der Waals surface area contributed by atoms with Crippen molar-refractivity contribution >= 4 is 18.3 Å². The van der Waals surface area contributed by atoms with E-state index >= 15 is 0 Å². The lowest BCUT2D eigenvalue weighted by Crippen LogP contribution is -2.33. The lowest BCUT2D eigenvalue weighted by Gasteiger charge is -2.16. The van der Waals surface area contributed by atoms with E-state index in [0.717, 1.165) is 6.42 Å². The molecule has 1 atom stereocenters. The first kappa shape index (κ1) is 13.9. The van der Waals surface area contributed by atoms with Crippen LogP contribution in [0.2, 0.25) is 0 Å². The highest BCUT2D eigenvalue weighted by atomic mass is 35.5. The minimum Gasteiger partial charge on any atom is -0.337 e. The molecule has 0 unspecified atom stereocenters. The first-order valence-corrected chi connectivity index (χ1v) is 5.43. The van der Waals surface area contributed by atoms with Gasteiger partial charge in [0.25, 0.3) is 5.91 Å². The van der Waals surface area contributed by atoms with Crippen LogP contribution in [-0.2, 0) is 0 Å².